The van der Waals surface area contributed by atoms with Crippen molar-refractivity contribution < 1.29 is 23.0 Å². The zero-order valence-electron chi connectivity index (χ0n) is 11.4. The largest absolute Gasteiger partial charge is 0.446 e. The number of aliphatic hydroxyl groups excluding tert-OH is 1. The van der Waals surface area contributed by atoms with Crippen LogP contribution in [0.3, 0.4) is 0 Å². The van der Waals surface area contributed by atoms with E-state index in [1.165, 1.54) is 19.2 Å². The number of methoxy groups -OCH3 is 1. The molecule has 1 rings (SSSR count). The van der Waals surface area contributed by atoms with E-state index in [2.05, 4.69) is 0 Å². The molecular weight excluding hydrogens is 291 g/mol. The van der Waals surface area contributed by atoms with Gasteiger partial charge in [-0.15, -0.1) is 0 Å². The average Bonchev–Trinajstić information content (AvgIpc) is 2.26. The monoisotopic (exact) mass is 309 g/mol. The fraction of sp³-hybridized carbons (Fsp3) is 0.538. The van der Waals surface area contributed by atoms with E-state index >= 15 is 0 Å². The molecule has 1 atom stereocenters. The summed E-state index contributed by atoms with van der Waals surface area (Å²) in [6.07, 6.45) is -0.613. The fourth-order valence-corrected chi connectivity index (χ4v) is 2.45. The van der Waals surface area contributed by atoms with Crippen LogP contribution in [0.15, 0.2) is 29.2 Å². The van der Waals surface area contributed by atoms with E-state index in [-0.39, 0.29) is 23.3 Å². The lowest BCUT2D eigenvalue weighted by atomic mass is 10.2. The van der Waals surface area contributed by atoms with Gasteiger partial charge in [-0.2, -0.15) is 13.2 Å². The molecule has 7 heteroatoms. The Morgan fingerprint density at radius 1 is 1.40 bits per heavy atom. The number of benzene rings is 1. The first kappa shape index (κ1) is 17.3. The van der Waals surface area contributed by atoms with E-state index in [1.54, 1.807) is 19.2 Å². The van der Waals surface area contributed by atoms with Gasteiger partial charge in [0.2, 0.25) is 0 Å². The summed E-state index contributed by atoms with van der Waals surface area (Å²) in [5.41, 5.74) is -3.51. The van der Waals surface area contributed by atoms with E-state index in [1.807, 2.05) is 4.90 Å². The van der Waals surface area contributed by atoms with Crippen LogP contribution in [0.1, 0.15) is 5.56 Å². The molecular formula is C13H18F3NO2S. The van der Waals surface area contributed by atoms with Gasteiger partial charge < -0.3 is 9.84 Å². The fourth-order valence-electron chi connectivity index (χ4n) is 1.82. The molecule has 0 heterocycles. The average molecular weight is 309 g/mol. The third-order valence-corrected chi connectivity index (χ3v) is 3.19. The Balaban J connectivity index is 2.57. The van der Waals surface area contributed by atoms with E-state index in [4.69, 9.17) is 4.74 Å². The maximum absolute atomic E-state index is 12.3. The SMILES string of the molecule is COCC(O)CN(C)Cc1cccc(SC(F)(F)F)c1. The highest BCUT2D eigenvalue weighted by Gasteiger charge is 2.29. The maximum Gasteiger partial charge on any atom is 0.446 e. The number of thioether (sulfide) groups is 1. The van der Waals surface area contributed by atoms with Gasteiger partial charge in [-0.1, -0.05) is 12.1 Å². The Morgan fingerprint density at radius 2 is 2.10 bits per heavy atom. The molecule has 0 radical (unpaired) electrons. The predicted octanol–water partition coefficient (Wildman–Crippen LogP) is 2.74. The van der Waals surface area contributed by atoms with Crippen molar-refractivity contribution in [3.05, 3.63) is 29.8 Å². The van der Waals surface area contributed by atoms with Gasteiger partial charge in [-0.25, -0.2) is 0 Å². The summed E-state index contributed by atoms with van der Waals surface area (Å²) in [6, 6.07) is 6.31. The number of rotatable bonds is 7. The summed E-state index contributed by atoms with van der Waals surface area (Å²) in [5, 5.41) is 9.59. The van der Waals surface area contributed by atoms with Crippen molar-refractivity contribution in [3.8, 4) is 0 Å². The molecule has 0 amide bonds. The molecule has 0 aliphatic rings. The van der Waals surface area contributed by atoms with Crippen molar-refractivity contribution in [2.45, 2.75) is 23.1 Å². The third kappa shape index (κ3) is 7.14. The summed E-state index contributed by atoms with van der Waals surface area (Å²) >= 11 is -0.124. The van der Waals surface area contributed by atoms with Crippen LogP contribution in [0.5, 0.6) is 0 Å². The van der Waals surface area contributed by atoms with Crippen LogP contribution >= 0.6 is 11.8 Å². The van der Waals surface area contributed by atoms with Crippen LogP contribution in [0, 0.1) is 0 Å². The summed E-state index contributed by atoms with van der Waals surface area (Å²) in [7, 11) is 3.30. The van der Waals surface area contributed by atoms with Crippen LogP contribution < -0.4 is 0 Å². The topological polar surface area (TPSA) is 32.7 Å². The highest BCUT2D eigenvalue weighted by Crippen LogP contribution is 2.36. The zero-order chi connectivity index (χ0) is 15.2. The van der Waals surface area contributed by atoms with Gasteiger partial charge in [0.25, 0.3) is 0 Å². The molecule has 1 aromatic carbocycles. The molecule has 0 aromatic heterocycles. The third-order valence-electron chi connectivity index (χ3n) is 2.47. The summed E-state index contributed by atoms with van der Waals surface area (Å²) in [6.45, 7) is 1.09. The summed E-state index contributed by atoms with van der Waals surface area (Å²) < 4.78 is 41.7. The minimum atomic E-state index is -4.28. The first-order chi connectivity index (χ1) is 9.30. The molecule has 3 nitrogen and oxygen atoms in total. The van der Waals surface area contributed by atoms with Gasteiger partial charge >= 0.3 is 5.51 Å². The second-order valence-electron chi connectivity index (χ2n) is 4.50. The lowest BCUT2D eigenvalue weighted by Crippen LogP contribution is -2.31. The molecule has 1 unspecified atom stereocenters. The number of halogens is 3. The second-order valence-corrected chi connectivity index (χ2v) is 5.64. The Hall–Kier alpha value is -0.760. The Bertz CT molecular complexity index is 415. The minimum Gasteiger partial charge on any atom is -0.389 e. The second kappa shape index (κ2) is 7.87. The van der Waals surface area contributed by atoms with E-state index in [9.17, 15) is 18.3 Å². The van der Waals surface area contributed by atoms with Crippen LogP contribution in [0.25, 0.3) is 0 Å². The molecule has 1 N–H and O–H groups in total. The predicted molar refractivity (Wildman–Crippen MR) is 72.6 cm³/mol. The lowest BCUT2D eigenvalue weighted by molar-refractivity contribution is -0.0328. The number of nitrogens with zero attached hydrogens (tertiary/aromatic N) is 1. The van der Waals surface area contributed by atoms with Gasteiger partial charge in [0.15, 0.2) is 0 Å². The van der Waals surface area contributed by atoms with Gasteiger partial charge in [0.1, 0.15) is 0 Å². The van der Waals surface area contributed by atoms with E-state index in [0.717, 1.165) is 5.56 Å². The first-order valence-corrected chi connectivity index (χ1v) is 6.82. The molecule has 20 heavy (non-hydrogen) atoms. The molecule has 0 saturated heterocycles. The van der Waals surface area contributed by atoms with Crippen LogP contribution in [-0.4, -0.2) is 48.9 Å². The van der Waals surface area contributed by atoms with Gasteiger partial charge in [-0.3, -0.25) is 4.90 Å². The Morgan fingerprint density at radius 3 is 2.70 bits per heavy atom. The van der Waals surface area contributed by atoms with E-state index in [0.29, 0.717) is 13.1 Å². The molecule has 114 valence electrons. The van der Waals surface area contributed by atoms with Crippen molar-refractivity contribution in [2.24, 2.45) is 0 Å². The first-order valence-electron chi connectivity index (χ1n) is 6.00. The van der Waals surface area contributed by atoms with Gasteiger partial charge in [-0.05, 0) is 36.5 Å². The summed E-state index contributed by atoms with van der Waals surface area (Å²) in [4.78, 5) is 2.00. The number of aliphatic hydroxyl groups is 1. The normalized spacial score (nSPS) is 13.8. The Kier molecular flexibility index (Phi) is 6.81. The molecule has 0 saturated carbocycles. The Labute approximate surface area is 120 Å². The minimum absolute atomic E-state index is 0.124. The van der Waals surface area contributed by atoms with Crippen LogP contribution in [-0.2, 0) is 11.3 Å². The zero-order valence-corrected chi connectivity index (χ0v) is 12.2. The number of likely N-dealkylation sites (N-methyl/N-ethyl adjacent to an activating group) is 1. The standard InChI is InChI=1S/C13H18F3NO2S/c1-17(8-11(18)9-19-2)7-10-4-3-5-12(6-10)20-13(14,15)16/h3-6,11,18H,7-9H2,1-2H3. The molecule has 0 bridgehead atoms. The molecule has 0 aliphatic carbocycles. The summed E-state index contributed by atoms with van der Waals surface area (Å²) in [5.74, 6) is 0. The lowest BCUT2D eigenvalue weighted by Gasteiger charge is -2.20. The molecule has 1 aromatic rings. The molecule has 0 spiro atoms. The van der Waals surface area contributed by atoms with Crippen molar-refractivity contribution in [1.82, 2.24) is 4.90 Å². The molecule has 0 fully saturated rings. The van der Waals surface area contributed by atoms with Gasteiger partial charge in [0.05, 0.1) is 12.7 Å². The maximum atomic E-state index is 12.3. The van der Waals surface area contributed by atoms with Crippen LogP contribution in [0.2, 0.25) is 0 Å². The van der Waals surface area contributed by atoms with Crippen molar-refractivity contribution in [1.29, 1.82) is 0 Å². The van der Waals surface area contributed by atoms with Crippen molar-refractivity contribution in [2.75, 3.05) is 27.3 Å². The van der Waals surface area contributed by atoms with Crippen LogP contribution in [0.4, 0.5) is 13.2 Å². The number of hydrogen-bond donors (Lipinski definition) is 1. The van der Waals surface area contributed by atoms with E-state index < -0.39 is 11.6 Å². The number of alkyl halides is 3. The highest BCUT2D eigenvalue weighted by molar-refractivity contribution is 8.00. The highest BCUT2D eigenvalue weighted by atomic mass is 32.2. The number of ether oxygens (including phenoxy) is 1. The van der Waals surface area contributed by atoms with Crippen molar-refractivity contribution in [3.63, 3.8) is 0 Å². The van der Waals surface area contributed by atoms with Crippen molar-refractivity contribution >= 4 is 11.8 Å². The molecule has 0 aliphatic heterocycles. The smallest absolute Gasteiger partial charge is 0.389 e. The number of hydrogen-bond acceptors (Lipinski definition) is 4. The quantitative estimate of drug-likeness (QED) is 0.785. The van der Waals surface area contributed by atoms with Gasteiger partial charge in [0, 0.05) is 25.1 Å².